The first-order valence-electron chi connectivity index (χ1n) is 5.79. The van der Waals surface area contributed by atoms with Gasteiger partial charge in [0.2, 0.25) is 0 Å². The average Bonchev–Trinajstić information content (AvgIpc) is 2.72. The molecular formula is C13H12Cl2N2O2. The zero-order valence-electron chi connectivity index (χ0n) is 10.2. The van der Waals surface area contributed by atoms with Gasteiger partial charge in [0.25, 0.3) is 0 Å². The lowest BCUT2D eigenvalue weighted by Gasteiger charge is -2.08. The van der Waals surface area contributed by atoms with Gasteiger partial charge >= 0.3 is 5.97 Å². The van der Waals surface area contributed by atoms with Crippen LogP contribution in [-0.2, 0) is 6.42 Å². The molecule has 1 N–H and O–H groups in total. The van der Waals surface area contributed by atoms with Crippen LogP contribution >= 0.6 is 23.2 Å². The lowest BCUT2D eigenvalue weighted by atomic mass is 10.1. The van der Waals surface area contributed by atoms with Crippen molar-refractivity contribution >= 4 is 29.2 Å². The Balaban J connectivity index is 2.58. The van der Waals surface area contributed by atoms with Crippen LogP contribution in [0.4, 0.5) is 0 Å². The third kappa shape index (κ3) is 2.91. The lowest BCUT2D eigenvalue weighted by molar-refractivity contribution is 0.0695. The number of halogens is 2. The zero-order chi connectivity index (χ0) is 14.0. The lowest BCUT2D eigenvalue weighted by Crippen LogP contribution is -2.06. The number of carbonyl (C=O) groups is 1. The van der Waals surface area contributed by atoms with Gasteiger partial charge in [0.1, 0.15) is 5.56 Å². The molecule has 0 unspecified atom stereocenters. The minimum Gasteiger partial charge on any atom is -0.478 e. The van der Waals surface area contributed by atoms with Gasteiger partial charge in [-0.1, -0.05) is 36.5 Å². The van der Waals surface area contributed by atoms with Crippen LogP contribution in [0.15, 0.2) is 24.4 Å². The number of hydrogen-bond donors (Lipinski definition) is 1. The molecule has 1 aromatic heterocycles. The van der Waals surface area contributed by atoms with E-state index in [0.29, 0.717) is 27.8 Å². The summed E-state index contributed by atoms with van der Waals surface area (Å²) in [5, 5.41) is 14.3. The van der Waals surface area contributed by atoms with E-state index in [2.05, 4.69) is 5.10 Å². The Kier molecular flexibility index (Phi) is 4.12. The molecule has 0 bridgehead atoms. The Morgan fingerprint density at radius 2 is 1.95 bits per heavy atom. The fraction of sp³-hybridized carbons (Fsp3) is 0.231. The fourth-order valence-corrected chi connectivity index (χ4v) is 2.43. The van der Waals surface area contributed by atoms with Gasteiger partial charge < -0.3 is 5.11 Å². The van der Waals surface area contributed by atoms with E-state index < -0.39 is 5.97 Å². The van der Waals surface area contributed by atoms with Crippen molar-refractivity contribution in [3.05, 3.63) is 45.7 Å². The van der Waals surface area contributed by atoms with Crippen molar-refractivity contribution in [3.8, 4) is 5.69 Å². The molecule has 100 valence electrons. The highest BCUT2D eigenvalue weighted by Crippen LogP contribution is 2.24. The summed E-state index contributed by atoms with van der Waals surface area (Å²) in [4.78, 5) is 11.2. The molecule has 0 atom stereocenters. The Bertz CT molecular complexity index is 603. The second-order valence-corrected chi connectivity index (χ2v) is 4.97. The van der Waals surface area contributed by atoms with E-state index in [0.717, 1.165) is 6.42 Å². The topological polar surface area (TPSA) is 55.1 Å². The highest BCUT2D eigenvalue weighted by Gasteiger charge is 2.17. The molecule has 0 aliphatic rings. The SMILES string of the molecule is CCCc1c(C(=O)O)cnn1-c1cc(Cl)cc(Cl)c1. The first kappa shape index (κ1) is 13.9. The standard InChI is InChI=1S/C13H12Cl2N2O2/c1-2-3-12-11(13(18)19)7-16-17(12)10-5-8(14)4-9(15)6-10/h4-7H,2-3H2,1H3,(H,18,19). The number of rotatable bonds is 4. The Labute approximate surface area is 120 Å². The molecule has 1 aromatic carbocycles. The minimum atomic E-state index is -0.983. The molecule has 1 heterocycles. The van der Waals surface area contributed by atoms with Crippen LogP contribution in [0.25, 0.3) is 5.69 Å². The second-order valence-electron chi connectivity index (χ2n) is 4.10. The molecule has 0 spiro atoms. The quantitative estimate of drug-likeness (QED) is 0.933. The van der Waals surface area contributed by atoms with Crippen LogP contribution in [-0.4, -0.2) is 20.9 Å². The van der Waals surface area contributed by atoms with Crippen LogP contribution in [0.3, 0.4) is 0 Å². The van der Waals surface area contributed by atoms with Crippen molar-refractivity contribution in [2.45, 2.75) is 19.8 Å². The van der Waals surface area contributed by atoms with Crippen molar-refractivity contribution in [1.82, 2.24) is 9.78 Å². The summed E-state index contributed by atoms with van der Waals surface area (Å²) < 4.78 is 1.57. The predicted molar refractivity (Wildman–Crippen MR) is 74.5 cm³/mol. The molecule has 0 saturated heterocycles. The van der Waals surface area contributed by atoms with Gasteiger partial charge in [-0.2, -0.15) is 5.10 Å². The van der Waals surface area contributed by atoms with Crippen LogP contribution in [0.2, 0.25) is 10.0 Å². The minimum absolute atomic E-state index is 0.206. The van der Waals surface area contributed by atoms with Crippen LogP contribution in [0, 0.1) is 0 Å². The monoisotopic (exact) mass is 298 g/mol. The summed E-state index contributed by atoms with van der Waals surface area (Å²) in [5.74, 6) is -0.983. The third-order valence-corrected chi connectivity index (χ3v) is 3.11. The zero-order valence-corrected chi connectivity index (χ0v) is 11.7. The van der Waals surface area contributed by atoms with Crippen LogP contribution < -0.4 is 0 Å². The van der Waals surface area contributed by atoms with Gasteiger partial charge in [-0.3, -0.25) is 0 Å². The summed E-state index contributed by atoms with van der Waals surface area (Å²) in [5.41, 5.74) is 1.51. The van der Waals surface area contributed by atoms with E-state index in [9.17, 15) is 4.79 Å². The summed E-state index contributed by atoms with van der Waals surface area (Å²) in [7, 11) is 0. The summed E-state index contributed by atoms with van der Waals surface area (Å²) in [6, 6.07) is 5.02. The van der Waals surface area contributed by atoms with Crippen molar-refractivity contribution in [3.63, 3.8) is 0 Å². The molecule has 0 aliphatic carbocycles. The number of aromatic nitrogens is 2. The number of nitrogens with zero attached hydrogens (tertiary/aromatic N) is 2. The van der Waals surface area contributed by atoms with E-state index in [1.165, 1.54) is 6.20 Å². The second kappa shape index (κ2) is 5.63. The first-order valence-corrected chi connectivity index (χ1v) is 6.55. The van der Waals surface area contributed by atoms with E-state index in [1.54, 1.807) is 22.9 Å². The average molecular weight is 299 g/mol. The molecule has 0 radical (unpaired) electrons. The molecule has 0 saturated carbocycles. The van der Waals surface area contributed by atoms with E-state index in [-0.39, 0.29) is 5.56 Å². The van der Waals surface area contributed by atoms with Gasteiger partial charge in [-0.25, -0.2) is 9.48 Å². The van der Waals surface area contributed by atoms with Crippen molar-refractivity contribution in [2.24, 2.45) is 0 Å². The maximum atomic E-state index is 11.2. The number of aromatic carboxylic acids is 1. The molecule has 6 heteroatoms. The van der Waals surface area contributed by atoms with Gasteiger partial charge in [-0.05, 0) is 24.6 Å². The molecular weight excluding hydrogens is 287 g/mol. The van der Waals surface area contributed by atoms with Gasteiger partial charge in [0.05, 0.1) is 17.6 Å². The Morgan fingerprint density at radius 3 is 2.47 bits per heavy atom. The maximum Gasteiger partial charge on any atom is 0.339 e. The predicted octanol–water partition coefficient (Wildman–Crippen LogP) is 3.83. The molecule has 0 amide bonds. The molecule has 0 fully saturated rings. The van der Waals surface area contributed by atoms with Crippen molar-refractivity contribution in [2.75, 3.05) is 0 Å². The van der Waals surface area contributed by atoms with Crippen molar-refractivity contribution < 1.29 is 9.90 Å². The third-order valence-electron chi connectivity index (χ3n) is 2.68. The van der Waals surface area contributed by atoms with Crippen LogP contribution in [0.5, 0.6) is 0 Å². The number of hydrogen-bond acceptors (Lipinski definition) is 2. The molecule has 2 rings (SSSR count). The summed E-state index contributed by atoms with van der Waals surface area (Å²) >= 11 is 11.9. The smallest absolute Gasteiger partial charge is 0.339 e. The van der Waals surface area contributed by atoms with E-state index in [1.807, 2.05) is 6.92 Å². The fourth-order valence-electron chi connectivity index (χ4n) is 1.91. The Hall–Kier alpha value is -1.52. The van der Waals surface area contributed by atoms with E-state index >= 15 is 0 Å². The Morgan fingerprint density at radius 1 is 1.32 bits per heavy atom. The maximum absolute atomic E-state index is 11.2. The van der Waals surface area contributed by atoms with Gasteiger partial charge in [-0.15, -0.1) is 0 Å². The molecule has 19 heavy (non-hydrogen) atoms. The number of benzene rings is 1. The first-order chi connectivity index (χ1) is 9.02. The number of carboxylic acid groups (broad SMARTS) is 1. The highest BCUT2D eigenvalue weighted by atomic mass is 35.5. The van der Waals surface area contributed by atoms with Gasteiger partial charge in [0, 0.05) is 10.0 Å². The highest BCUT2D eigenvalue weighted by molar-refractivity contribution is 6.34. The number of carboxylic acids is 1. The molecule has 2 aromatic rings. The van der Waals surface area contributed by atoms with Gasteiger partial charge in [0.15, 0.2) is 0 Å². The summed E-state index contributed by atoms with van der Waals surface area (Å²) in [6.45, 7) is 1.98. The normalized spacial score (nSPS) is 10.7. The molecule has 4 nitrogen and oxygen atoms in total. The molecule has 0 aliphatic heterocycles. The van der Waals surface area contributed by atoms with Crippen molar-refractivity contribution in [1.29, 1.82) is 0 Å². The van der Waals surface area contributed by atoms with E-state index in [4.69, 9.17) is 28.3 Å². The van der Waals surface area contributed by atoms with Crippen LogP contribution in [0.1, 0.15) is 29.4 Å². The summed E-state index contributed by atoms with van der Waals surface area (Å²) in [6.07, 6.45) is 2.79. The largest absolute Gasteiger partial charge is 0.478 e.